The SMILES string of the molecule is Cc1oc(-c2ccccc2Cl)nc1CC(=O)N1CCN(c2ncccn2)CC1. The molecule has 0 aliphatic carbocycles. The van der Waals surface area contributed by atoms with Crippen molar-refractivity contribution in [2.45, 2.75) is 13.3 Å². The van der Waals surface area contributed by atoms with Crippen molar-refractivity contribution in [1.29, 1.82) is 0 Å². The zero-order chi connectivity index (χ0) is 19.5. The third kappa shape index (κ3) is 3.84. The summed E-state index contributed by atoms with van der Waals surface area (Å²) < 4.78 is 5.75. The maximum atomic E-state index is 12.7. The largest absolute Gasteiger partial charge is 0.441 e. The van der Waals surface area contributed by atoms with E-state index in [0.29, 0.717) is 54.5 Å². The van der Waals surface area contributed by atoms with E-state index < -0.39 is 0 Å². The van der Waals surface area contributed by atoms with Crippen molar-refractivity contribution < 1.29 is 9.21 Å². The predicted octanol–water partition coefficient (Wildman–Crippen LogP) is 2.98. The van der Waals surface area contributed by atoms with Crippen molar-refractivity contribution in [2.75, 3.05) is 31.1 Å². The summed E-state index contributed by atoms with van der Waals surface area (Å²) in [4.78, 5) is 29.7. The highest BCUT2D eigenvalue weighted by Gasteiger charge is 2.24. The van der Waals surface area contributed by atoms with Crippen molar-refractivity contribution >= 4 is 23.5 Å². The van der Waals surface area contributed by atoms with Gasteiger partial charge in [0.2, 0.25) is 17.7 Å². The molecule has 0 radical (unpaired) electrons. The Morgan fingerprint density at radius 2 is 1.82 bits per heavy atom. The molecule has 8 heteroatoms. The molecule has 3 heterocycles. The summed E-state index contributed by atoms with van der Waals surface area (Å²) in [5.74, 6) is 1.82. The van der Waals surface area contributed by atoms with Gasteiger partial charge >= 0.3 is 0 Å². The molecule has 0 saturated carbocycles. The van der Waals surface area contributed by atoms with E-state index in [9.17, 15) is 4.79 Å². The van der Waals surface area contributed by atoms with Gasteiger partial charge < -0.3 is 14.2 Å². The molecule has 1 aromatic carbocycles. The summed E-state index contributed by atoms with van der Waals surface area (Å²) in [6.45, 7) is 4.49. The van der Waals surface area contributed by atoms with Crippen molar-refractivity contribution in [1.82, 2.24) is 19.9 Å². The minimum absolute atomic E-state index is 0.0377. The van der Waals surface area contributed by atoms with E-state index in [4.69, 9.17) is 16.0 Å². The van der Waals surface area contributed by atoms with Crippen molar-refractivity contribution in [3.8, 4) is 11.5 Å². The number of halogens is 1. The van der Waals surface area contributed by atoms with Gasteiger partial charge in [0.1, 0.15) is 5.76 Å². The Morgan fingerprint density at radius 3 is 2.54 bits per heavy atom. The molecule has 144 valence electrons. The summed E-state index contributed by atoms with van der Waals surface area (Å²) in [6.07, 6.45) is 3.66. The lowest BCUT2D eigenvalue weighted by molar-refractivity contribution is -0.130. The van der Waals surface area contributed by atoms with Crippen LogP contribution in [-0.4, -0.2) is 51.9 Å². The van der Waals surface area contributed by atoms with Gasteiger partial charge in [-0.2, -0.15) is 0 Å². The highest BCUT2D eigenvalue weighted by atomic mass is 35.5. The van der Waals surface area contributed by atoms with Gasteiger partial charge in [-0.15, -0.1) is 0 Å². The number of aryl methyl sites for hydroxylation is 1. The van der Waals surface area contributed by atoms with Gasteiger partial charge in [-0.3, -0.25) is 4.79 Å². The molecule has 3 aromatic rings. The molecule has 0 N–H and O–H groups in total. The first-order chi connectivity index (χ1) is 13.6. The first kappa shape index (κ1) is 18.4. The summed E-state index contributed by atoms with van der Waals surface area (Å²) in [7, 11) is 0. The standard InChI is InChI=1S/C20H20ClN5O2/c1-14-17(24-19(28-14)15-5-2-3-6-16(15)21)13-18(27)25-9-11-26(12-10-25)20-22-7-4-8-23-20/h2-8H,9-13H2,1H3. The first-order valence-corrected chi connectivity index (χ1v) is 9.50. The Balaban J connectivity index is 1.40. The number of anilines is 1. The molecule has 0 spiro atoms. The second-order valence-corrected chi connectivity index (χ2v) is 7.00. The maximum absolute atomic E-state index is 12.7. The summed E-state index contributed by atoms with van der Waals surface area (Å²) >= 11 is 6.22. The molecule has 0 unspecified atom stereocenters. The van der Waals surface area contributed by atoms with E-state index >= 15 is 0 Å². The number of nitrogens with zero attached hydrogens (tertiary/aromatic N) is 5. The smallest absolute Gasteiger partial charge is 0.228 e. The number of hydrogen-bond donors (Lipinski definition) is 0. The first-order valence-electron chi connectivity index (χ1n) is 9.13. The van der Waals surface area contributed by atoms with Gasteiger partial charge in [-0.05, 0) is 25.1 Å². The van der Waals surface area contributed by atoms with Gasteiger partial charge in [-0.25, -0.2) is 15.0 Å². The number of rotatable bonds is 4. The molecule has 7 nitrogen and oxygen atoms in total. The van der Waals surface area contributed by atoms with E-state index in [-0.39, 0.29) is 12.3 Å². The van der Waals surface area contributed by atoms with Crippen LogP contribution in [0.5, 0.6) is 0 Å². The Labute approximate surface area is 168 Å². The Hall–Kier alpha value is -2.93. The fourth-order valence-corrected chi connectivity index (χ4v) is 3.42. The number of carbonyl (C=O) groups is 1. The van der Waals surface area contributed by atoms with E-state index in [0.717, 1.165) is 5.56 Å². The molecular formula is C20H20ClN5O2. The number of hydrogen-bond acceptors (Lipinski definition) is 6. The molecule has 1 amide bonds. The minimum atomic E-state index is 0.0377. The van der Waals surface area contributed by atoms with Gasteiger partial charge in [0.05, 0.1) is 22.7 Å². The molecule has 1 fully saturated rings. The van der Waals surface area contributed by atoms with E-state index in [2.05, 4.69) is 19.9 Å². The average Bonchev–Trinajstić information content (AvgIpc) is 3.09. The van der Waals surface area contributed by atoms with Crippen molar-refractivity contribution in [3.05, 3.63) is 59.2 Å². The zero-order valence-corrected chi connectivity index (χ0v) is 16.3. The van der Waals surface area contributed by atoms with Crippen LogP contribution in [0.3, 0.4) is 0 Å². The Kier molecular flexibility index (Phi) is 5.25. The zero-order valence-electron chi connectivity index (χ0n) is 15.5. The molecule has 0 atom stereocenters. The quantitative estimate of drug-likeness (QED) is 0.673. The summed E-state index contributed by atoms with van der Waals surface area (Å²) in [6, 6.07) is 9.16. The van der Waals surface area contributed by atoms with Crippen molar-refractivity contribution in [2.24, 2.45) is 0 Å². The molecular weight excluding hydrogens is 378 g/mol. The van der Waals surface area contributed by atoms with Crippen LogP contribution in [0.25, 0.3) is 11.5 Å². The molecule has 2 aromatic heterocycles. The number of oxazole rings is 1. The highest BCUT2D eigenvalue weighted by Crippen LogP contribution is 2.28. The van der Waals surface area contributed by atoms with Crippen LogP contribution in [0, 0.1) is 6.92 Å². The van der Waals surface area contributed by atoms with Crippen LogP contribution >= 0.6 is 11.6 Å². The highest BCUT2D eigenvalue weighted by molar-refractivity contribution is 6.33. The second-order valence-electron chi connectivity index (χ2n) is 6.60. The molecule has 1 aliphatic rings. The number of piperazine rings is 1. The second kappa shape index (κ2) is 7.98. The van der Waals surface area contributed by atoms with E-state index in [1.807, 2.05) is 30.0 Å². The van der Waals surface area contributed by atoms with Crippen LogP contribution in [0.4, 0.5) is 5.95 Å². The molecule has 1 saturated heterocycles. The van der Waals surface area contributed by atoms with Crippen LogP contribution in [0.2, 0.25) is 5.02 Å². The van der Waals surface area contributed by atoms with Gasteiger partial charge in [0.15, 0.2) is 0 Å². The van der Waals surface area contributed by atoms with Crippen molar-refractivity contribution in [3.63, 3.8) is 0 Å². The van der Waals surface area contributed by atoms with E-state index in [1.54, 1.807) is 24.5 Å². The number of aromatic nitrogens is 3. The Morgan fingerprint density at radius 1 is 1.11 bits per heavy atom. The van der Waals surface area contributed by atoms with E-state index in [1.165, 1.54) is 0 Å². The number of amides is 1. The monoisotopic (exact) mass is 397 g/mol. The fourth-order valence-electron chi connectivity index (χ4n) is 3.21. The third-order valence-electron chi connectivity index (χ3n) is 4.78. The van der Waals surface area contributed by atoms with Crippen LogP contribution < -0.4 is 4.90 Å². The van der Waals surface area contributed by atoms with Gasteiger partial charge in [-0.1, -0.05) is 23.7 Å². The predicted molar refractivity (Wildman–Crippen MR) is 106 cm³/mol. The topological polar surface area (TPSA) is 75.4 Å². The number of benzene rings is 1. The lowest BCUT2D eigenvalue weighted by Gasteiger charge is -2.34. The normalized spacial score (nSPS) is 14.4. The molecule has 28 heavy (non-hydrogen) atoms. The number of carbonyl (C=O) groups excluding carboxylic acids is 1. The molecule has 1 aliphatic heterocycles. The third-order valence-corrected chi connectivity index (χ3v) is 5.11. The minimum Gasteiger partial charge on any atom is -0.441 e. The summed E-state index contributed by atoms with van der Waals surface area (Å²) in [5, 5.41) is 0.570. The van der Waals surface area contributed by atoms with Gasteiger partial charge in [0.25, 0.3) is 0 Å². The molecule has 4 rings (SSSR count). The summed E-state index contributed by atoms with van der Waals surface area (Å²) in [5.41, 5.74) is 1.37. The fraction of sp³-hybridized carbons (Fsp3) is 0.300. The molecule has 0 bridgehead atoms. The average molecular weight is 398 g/mol. The van der Waals surface area contributed by atoms with Crippen LogP contribution in [0.1, 0.15) is 11.5 Å². The lowest BCUT2D eigenvalue weighted by Crippen LogP contribution is -2.49. The van der Waals surface area contributed by atoms with Gasteiger partial charge in [0, 0.05) is 38.6 Å². The van der Waals surface area contributed by atoms with Crippen LogP contribution in [0.15, 0.2) is 47.1 Å². The maximum Gasteiger partial charge on any atom is 0.228 e. The van der Waals surface area contributed by atoms with Crippen LogP contribution in [-0.2, 0) is 11.2 Å². The lowest BCUT2D eigenvalue weighted by atomic mass is 10.2. The Bertz CT molecular complexity index is 968.